The minimum absolute atomic E-state index is 0.0627. The molecule has 0 saturated carbocycles. The van der Waals surface area contributed by atoms with E-state index in [1.165, 1.54) is 17.0 Å². The predicted octanol–water partition coefficient (Wildman–Crippen LogP) is 2.62. The fourth-order valence-corrected chi connectivity index (χ4v) is 4.31. The molecule has 1 aliphatic heterocycles. The van der Waals surface area contributed by atoms with Crippen LogP contribution < -0.4 is 10.2 Å². The van der Waals surface area contributed by atoms with Gasteiger partial charge in [0.2, 0.25) is 11.8 Å². The maximum Gasteiger partial charge on any atom is 0.231 e. The Morgan fingerprint density at radius 2 is 1.85 bits per heavy atom. The number of aryl methyl sites for hydroxylation is 2. The highest BCUT2D eigenvalue weighted by Gasteiger charge is 2.26. The summed E-state index contributed by atoms with van der Waals surface area (Å²) in [6.45, 7) is 3.93. The highest BCUT2D eigenvalue weighted by molar-refractivity contribution is 7.91. The van der Waals surface area contributed by atoms with Crippen molar-refractivity contribution in [3.05, 3.63) is 53.1 Å². The van der Waals surface area contributed by atoms with Crippen LogP contribution in [0.2, 0.25) is 0 Å². The van der Waals surface area contributed by atoms with Gasteiger partial charge >= 0.3 is 0 Å². The summed E-state index contributed by atoms with van der Waals surface area (Å²) in [4.78, 5) is 25.5. The Morgan fingerprint density at radius 3 is 2.56 bits per heavy atom. The van der Waals surface area contributed by atoms with E-state index in [1.807, 2.05) is 26.0 Å². The standard InChI is InChI=1S/C20H22N2O4S/c1-13-4-5-16(10-14(13)2)21-19(23)8-9-27(25,26)17-6-7-18-15(11-17)12-20(24)22(18)3/h4-7,10-11H,8-9,12H2,1-3H3,(H,21,23). The van der Waals surface area contributed by atoms with Crippen LogP contribution in [0.5, 0.6) is 0 Å². The Hall–Kier alpha value is -2.67. The van der Waals surface area contributed by atoms with Crippen LogP contribution in [0.25, 0.3) is 0 Å². The van der Waals surface area contributed by atoms with Crippen LogP contribution in [0.1, 0.15) is 23.1 Å². The third-order valence-electron chi connectivity index (χ3n) is 4.88. The molecule has 1 aliphatic rings. The lowest BCUT2D eigenvalue weighted by atomic mass is 10.1. The van der Waals surface area contributed by atoms with E-state index < -0.39 is 9.84 Å². The third-order valence-corrected chi connectivity index (χ3v) is 6.59. The first-order valence-corrected chi connectivity index (χ1v) is 10.3. The highest BCUT2D eigenvalue weighted by atomic mass is 32.2. The van der Waals surface area contributed by atoms with Gasteiger partial charge in [-0.2, -0.15) is 0 Å². The van der Waals surface area contributed by atoms with Crippen LogP contribution in [0.3, 0.4) is 0 Å². The number of benzene rings is 2. The first kappa shape index (κ1) is 19.1. The number of rotatable bonds is 5. The Bertz CT molecular complexity index is 1030. The minimum atomic E-state index is -3.61. The molecule has 27 heavy (non-hydrogen) atoms. The number of anilines is 2. The van der Waals surface area contributed by atoms with Crippen molar-refractivity contribution in [3.8, 4) is 0 Å². The van der Waals surface area contributed by atoms with Gasteiger partial charge in [0.1, 0.15) is 0 Å². The SMILES string of the molecule is Cc1ccc(NC(=O)CCS(=O)(=O)c2ccc3c(c2)CC(=O)N3C)cc1C. The summed E-state index contributed by atoms with van der Waals surface area (Å²) in [5.74, 6) is -0.697. The summed E-state index contributed by atoms with van der Waals surface area (Å²) in [6, 6.07) is 10.2. The lowest BCUT2D eigenvalue weighted by Gasteiger charge is -2.11. The number of hydrogen-bond donors (Lipinski definition) is 1. The molecule has 1 heterocycles. The van der Waals surface area contributed by atoms with E-state index in [4.69, 9.17) is 0 Å². The van der Waals surface area contributed by atoms with Crippen LogP contribution in [-0.4, -0.2) is 33.0 Å². The van der Waals surface area contributed by atoms with Crippen molar-refractivity contribution in [1.82, 2.24) is 0 Å². The van der Waals surface area contributed by atoms with Crippen LogP contribution >= 0.6 is 0 Å². The average molecular weight is 386 g/mol. The smallest absolute Gasteiger partial charge is 0.231 e. The molecule has 0 bridgehead atoms. The van der Waals surface area contributed by atoms with Gasteiger partial charge < -0.3 is 10.2 Å². The zero-order chi connectivity index (χ0) is 19.8. The molecule has 2 amide bonds. The van der Waals surface area contributed by atoms with Gasteiger partial charge in [-0.3, -0.25) is 9.59 Å². The maximum atomic E-state index is 12.6. The molecule has 0 fully saturated rings. The van der Waals surface area contributed by atoms with Crippen molar-refractivity contribution in [1.29, 1.82) is 0 Å². The molecule has 0 unspecified atom stereocenters. The van der Waals surface area contributed by atoms with Gasteiger partial charge in [-0.25, -0.2) is 8.42 Å². The van der Waals surface area contributed by atoms with E-state index in [2.05, 4.69) is 5.32 Å². The summed E-state index contributed by atoms with van der Waals surface area (Å²) in [5, 5.41) is 2.73. The second kappa shape index (κ2) is 7.15. The Morgan fingerprint density at radius 1 is 1.11 bits per heavy atom. The molecule has 142 valence electrons. The Labute approximate surface area is 159 Å². The molecule has 7 heteroatoms. The van der Waals surface area contributed by atoms with E-state index in [1.54, 1.807) is 19.2 Å². The zero-order valence-corrected chi connectivity index (χ0v) is 16.4. The molecular weight excluding hydrogens is 364 g/mol. The molecule has 3 rings (SSSR count). The average Bonchev–Trinajstić information content (AvgIpc) is 2.90. The first-order chi connectivity index (χ1) is 12.7. The summed E-state index contributed by atoms with van der Waals surface area (Å²) in [7, 11) is -1.94. The molecule has 0 atom stereocenters. The Balaban J connectivity index is 1.66. The van der Waals surface area contributed by atoms with Crippen LogP contribution in [-0.2, 0) is 25.8 Å². The molecule has 2 aromatic rings. The van der Waals surface area contributed by atoms with Crippen LogP contribution in [0.15, 0.2) is 41.3 Å². The van der Waals surface area contributed by atoms with Gasteiger partial charge in [0.05, 0.1) is 17.1 Å². The van der Waals surface area contributed by atoms with Gasteiger partial charge in [-0.05, 0) is 60.9 Å². The van der Waals surface area contributed by atoms with Crippen LogP contribution in [0.4, 0.5) is 11.4 Å². The number of hydrogen-bond acceptors (Lipinski definition) is 4. The molecule has 0 aliphatic carbocycles. The minimum Gasteiger partial charge on any atom is -0.326 e. The summed E-state index contributed by atoms with van der Waals surface area (Å²) < 4.78 is 25.1. The number of carbonyl (C=O) groups is 2. The van der Waals surface area contributed by atoms with E-state index in [0.717, 1.165) is 16.8 Å². The third kappa shape index (κ3) is 4.03. The number of likely N-dealkylation sites (N-methyl/N-ethyl adjacent to an activating group) is 1. The van der Waals surface area contributed by atoms with Crippen molar-refractivity contribution >= 4 is 33.0 Å². The second-order valence-corrected chi connectivity index (χ2v) is 8.95. The summed E-state index contributed by atoms with van der Waals surface area (Å²) in [6.07, 6.45) is 0.0631. The monoisotopic (exact) mass is 386 g/mol. The maximum absolute atomic E-state index is 12.6. The topological polar surface area (TPSA) is 83.5 Å². The van der Waals surface area contributed by atoms with Gasteiger partial charge in [-0.1, -0.05) is 6.07 Å². The number of nitrogens with zero attached hydrogens (tertiary/aromatic N) is 1. The largest absolute Gasteiger partial charge is 0.326 e. The molecule has 2 aromatic carbocycles. The fourth-order valence-electron chi connectivity index (χ4n) is 3.03. The molecule has 0 aromatic heterocycles. The predicted molar refractivity (Wildman–Crippen MR) is 105 cm³/mol. The van der Waals surface area contributed by atoms with E-state index in [9.17, 15) is 18.0 Å². The van der Waals surface area contributed by atoms with Crippen molar-refractivity contribution in [2.24, 2.45) is 0 Å². The quantitative estimate of drug-likeness (QED) is 0.856. The summed E-state index contributed by atoms with van der Waals surface area (Å²) in [5.41, 5.74) is 4.25. The van der Waals surface area contributed by atoms with Gasteiger partial charge in [0, 0.05) is 24.8 Å². The first-order valence-electron chi connectivity index (χ1n) is 8.67. The molecule has 0 spiro atoms. The normalized spacial score (nSPS) is 13.6. The lowest BCUT2D eigenvalue weighted by molar-refractivity contribution is -0.117. The lowest BCUT2D eigenvalue weighted by Crippen LogP contribution is -2.20. The van der Waals surface area contributed by atoms with Crippen molar-refractivity contribution in [2.45, 2.75) is 31.6 Å². The Kier molecular flexibility index (Phi) is 5.06. The molecular formula is C20H22N2O4S. The van der Waals surface area contributed by atoms with Crippen molar-refractivity contribution in [2.75, 3.05) is 23.0 Å². The van der Waals surface area contributed by atoms with E-state index in [0.29, 0.717) is 11.3 Å². The van der Waals surface area contributed by atoms with E-state index in [-0.39, 0.29) is 35.3 Å². The molecule has 0 saturated heterocycles. The van der Waals surface area contributed by atoms with Crippen LogP contribution in [0, 0.1) is 13.8 Å². The van der Waals surface area contributed by atoms with E-state index >= 15 is 0 Å². The number of sulfone groups is 1. The fraction of sp³-hybridized carbons (Fsp3) is 0.300. The number of nitrogens with one attached hydrogen (secondary N) is 1. The zero-order valence-electron chi connectivity index (χ0n) is 15.6. The van der Waals surface area contributed by atoms with Gasteiger partial charge in [0.15, 0.2) is 9.84 Å². The van der Waals surface area contributed by atoms with Crippen molar-refractivity contribution < 1.29 is 18.0 Å². The number of fused-ring (bicyclic) bond motifs is 1. The summed E-state index contributed by atoms with van der Waals surface area (Å²) >= 11 is 0. The molecule has 0 radical (unpaired) electrons. The molecule has 6 nitrogen and oxygen atoms in total. The second-order valence-electron chi connectivity index (χ2n) is 6.84. The van der Waals surface area contributed by atoms with Crippen molar-refractivity contribution in [3.63, 3.8) is 0 Å². The highest BCUT2D eigenvalue weighted by Crippen LogP contribution is 2.30. The van der Waals surface area contributed by atoms with Gasteiger partial charge in [-0.15, -0.1) is 0 Å². The molecule has 1 N–H and O–H groups in total. The number of carbonyl (C=O) groups excluding carboxylic acids is 2. The number of amides is 2. The van der Waals surface area contributed by atoms with Gasteiger partial charge in [0.25, 0.3) is 0 Å².